The summed E-state index contributed by atoms with van der Waals surface area (Å²) in [7, 11) is 0. The van der Waals surface area contributed by atoms with E-state index in [9.17, 15) is 0 Å². The van der Waals surface area contributed by atoms with Crippen molar-refractivity contribution in [3.05, 3.63) is 58.6 Å². The van der Waals surface area contributed by atoms with E-state index in [4.69, 9.17) is 47.6 Å². The van der Waals surface area contributed by atoms with Gasteiger partial charge in [0, 0.05) is 12.6 Å². The summed E-state index contributed by atoms with van der Waals surface area (Å²) < 4.78 is 0. The van der Waals surface area contributed by atoms with E-state index in [1.807, 2.05) is 48.5 Å². The first-order valence-electron chi connectivity index (χ1n) is 10.7. The van der Waals surface area contributed by atoms with Crippen LogP contribution in [0.25, 0.3) is 0 Å². The molecular weight excluding hydrogens is 479 g/mol. The molecule has 0 amide bonds. The highest BCUT2D eigenvalue weighted by Gasteiger charge is 2.41. The molecule has 172 valence electrons. The molecule has 1 fully saturated rings. The normalized spacial score (nSPS) is 22.0. The Kier molecular flexibility index (Phi) is 8.26. The fourth-order valence-electron chi connectivity index (χ4n) is 4.80. The van der Waals surface area contributed by atoms with Crippen LogP contribution < -0.4 is 21.3 Å². The van der Waals surface area contributed by atoms with Gasteiger partial charge in [-0.05, 0) is 78.8 Å². The fraction of sp³-hybridized carbons (Fsp3) is 0.417. The Morgan fingerprint density at radius 3 is 1.97 bits per heavy atom. The Hall–Kier alpha value is -1.60. The summed E-state index contributed by atoms with van der Waals surface area (Å²) in [6.45, 7) is 7.68. The number of rotatable bonds is 5. The number of hydrogen-bond donors (Lipinski definition) is 4. The minimum Gasteiger partial charge on any atom is -0.362 e. The third kappa shape index (κ3) is 7.20. The smallest absolute Gasteiger partial charge is 0.171 e. The Morgan fingerprint density at radius 1 is 0.875 bits per heavy atom. The van der Waals surface area contributed by atoms with Gasteiger partial charge in [-0.25, -0.2) is 0 Å². The summed E-state index contributed by atoms with van der Waals surface area (Å²) in [6.07, 6.45) is 3.10. The number of nitrogens with one attached hydrogen (secondary N) is 4. The molecule has 8 heteroatoms. The zero-order chi connectivity index (χ0) is 23.4. The maximum absolute atomic E-state index is 6.26. The second-order valence-electron chi connectivity index (χ2n) is 9.62. The summed E-state index contributed by atoms with van der Waals surface area (Å²) >= 11 is 23.6. The van der Waals surface area contributed by atoms with Crippen LogP contribution in [0.15, 0.2) is 48.5 Å². The molecule has 0 bridgehead atoms. The largest absolute Gasteiger partial charge is 0.362 e. The predicted octanol–water partition coefficient (Wildman–Crippen LogP) is 6.85. The molecule has 0 aromatic heterocycles. The average Bonchev–Trinajstić information content (AvgIpc) is 2.68. The van der Waals surface area contributed by atoms with Crippen molar-refractivity contribution in [2.45, 2.75) is 46.1 Å². The van der Waals surface area contributed by atoms with Crippen molar-refractivity contribution in [3.63, 3.8) is 0 Å². The lowest BCUT2D eigenvalue weighted by molar-refractivity contribution is 0.0807. The Labute approximate surface area is 211 Å². The molecule has 2 aromatic carbocycles. The molecular formula is C24H30Cl2N4S2. The van der Waals surface area contributed by atoms with E-state index in [2.05, 4.69) is 42.0 Å². The van der Waals surface area contributed by atoms with Gasteiger partial charge in [-0.1, -0.05) is 68.2 Å². The molecule has 1 saturated carbocycles. The number of hydrogen-bond acceptors (Lipinski definition) is 2. The van der Waals surface area contributed by atoms with Crippen molar-refractivity contribution in [2.24, 2.45) is 10.8 Å². The third-order valence-electron chi connectivity index (χ3n) is 5.70. The van der Waals surface area contributed by atoms with Crippen LogP contribution in [-0.2, 0) is 0 Å². The summed E-state index contributed by atoms with van der Waals surface area (Å²) in [6, 6.07) is 15.4. The highest BCUT2D eigenvalue weighted by Crippen LogP contribution is 2.45. The number of benzene rings is 2. The molecule has 0 aliphatic heterocycles. The lowest BCUT2D eigenvalue weighted by Gasteiger charge is -2.47. The Bertz CT molecular complexity index is 982. The monoisotopic (exact) mass is 508 g/mol. The van der Waals surface area contributed by atoms with Gasteiger partial charge in [0.25, 0.3) is 0 Å². The van der Waals surface area contributed by atoms with Crippen LogP contribution in [0.3, 0.4) is 0 Å². The second-order valence-corrected chi connectivity index (χ2v) is 11.3. The van der Waals surface area contributed by atoms with Crippen LogP contribution in [0.4, 0.5) is 11.4 Å². The van der Waals surface area contributed by atoms with Gasteiger partial charge in [-0.15, -0.1) is 0 Å². The first-order valence-corrected chi connectivity index (χ1v) is 12.2. The predicted molar refractivity (Wildman–Crippen MR) is 146 cm³/mol. The van der Waals surface area contributed by atoms with Gasteiger partial charge in [-0.3, -0.25) is 0 Å². The van der Waals surface area contributed by atoms with Gasteiger partial charge < -0.3 is 21.3 Å². The molecule has 1 aliphatic rings. The molecule has 0 unspecified atom stereocenters. The topological polar surface area (TPSA) is 48.1 Å². The van der Waals surface area contributed by atoms with E-state index in [1.165, 1.54) is 0 Å². The lowest BCUT2D eigenvalue weighted by atomic mass is 9.62. The fourth-order valence-corrected chi connectivity index (χ4v) is 5.62. The van der Waals surface area contributed by atoms with Crippen LogP contribution in [0.2, 0.25) is 10.0 Å². The summed E-state index contributed by atoms with van der Waals surface area (Å²) in [4.78, 5) is 0. The van der Waals surface area contributed by atoms with Gasteiger partial charge in [-0.2, -0.15) is 0 Å². The Morgan fingerprint density at radius 2 is 1.41 bits per heavy atom. The Balaban J connectivity index is 1.58. The lowest BCUT2D eigenvalue weighted by Crippen LogP contribution is -2.51. The van der Waals surface area contributed by atoms with E-state index in [1.54, 1.807) is 0 Å². The van der Waals surface area contributed by atoms with Crippen molar-refractivity contribution in [1.82, 2.24) is 10.6 Å². The van der Waals surface area contributed by atoms with Crippen molar-refractivity contribution in [2.75, 3.05) is 17.2 Å². The number of anilines is 2. The molecule has 32 heavy (non-hydrogen) atoms. The van der Waals surface area contributed by atoms with Gasteiger partial charge in [0.2, 0.25) is 0 Å². The minimum atomic E-state index is 0.0473. The van der Waals surface area contributed by atoms with E-state index < -0.39 is 0 Å². The van der Waals surface area contributed by atoms with Crippen LogP contribution in [0, 0.1) is 10.8 Å². The van der Waals surface area contributed by atoms with Crippen LogP contribution in [-0.4, -0.2) is 22.8 Å². The van der Waals surface area contributed by atoms with E-state index in [0.717, 1.165) is 37.2 Å². The van der Waals surface area contributed by atoms with Crippen molar-refractivity contribution >= 4 is 69.2 Å². The second kappa shape index (κ2) is 10.6. The summed E-state index contributed by atoms with van der Waals surface area (Å²) in [5.41, 5.74) is 1.83. The zero-order valence-corrected chi connectivity index (χ0v) is 21.7. The van der Waals surface area contributed by atoms with E-state index in [-0.39, 0.29) is 16.9 Å². The SMILES string of the molecule is CC1(C)C[C@H](NC(=S)Nc2ccccc2Cl)C[C@](C)(CNC(=S)Nc2ccccc2Cl)C1. The van der Waals surface area contributed by atoms with Crippen molar-refractivity contribution < 1.29 is 0 Å². The molecule has 1 aliphatic carbocycles. The highest BCUT2D eigenvalue weighted by molar-refractivity contribution is 7.80. The average molecular weight is 510 g/mol. The molecule has 0 saturated heterocycles. The zero-order valence-electron chi connectivity index (χ0n) is 18.6. The van der Waals surface area contributed by atoms with E-state index in [0.29, 0.717) is 20.3 Å². The quantitative estimate of drug-likeness (QED) is 0.331. The van der Waals surface area contributed by atoms with E-state index >= 15 is 0 Å². The summed E-state index contributed by atoms with van der Waals surface area (Å²) in [5, 5.41) is 15.8. The van der Waals surface area contributed by atoms with Gasteiger partial charge in [0.15, 0.2) is 10.2 Å². The minimum absolute atomic E-state index is 0.0473. The van der Waals surface area contributed by atoms with Crippen LogP contribution in [0.1, 0.15) is 40.0 Å². The maximum Gasteiger partial charge on any atom is 0.171 e. The van der Waals surface area contributed by atoms with Crippen LogP contribution in [0.5, 0.6) is 0 Å². The molecule has 0 heterocycles. The van der Waals surface area contributed by atoms with Crippen molar-refractivity contribution in [1.29, 1.82) is 0 Å². The van der Waals surface area contributed by atoms with Crippen LogP contribution >= 0.6 is 47.6 Å². The third-order valence-corrected chi connectivity index (χ3v) is 6.82. The molecule has 4 nitrogen and oxygen atoms in total. The maximum atomic E-state index is 6.26. The van der Waals surface area contributed by atoms with Gasteiger partial charge >= 0.3 is 0 Å². The highest BCUT2D eigenvalue weighted by atomic mass is 35.5. The standard InChI is InChI=1S/C24H30Cl2N4S2/c1-23(2)12-16(28-22(32)30-20-11-7-5-9-18(20)26)13-24(3,14-23)15-27-21(31)29-19-10-6-4-8-17(19)25/h4-11,16H,12-15H2,1-3H3,(H2,27,29,31)(H2,28,30,32)/t16-,24-/m0/s1. The van der Waals surface area contributed by atoms with Crippen molar-refractivity contribution in [3.8, 4) is 0 Å². The summed E-state index contributed by atoms with van der Waals surface area (Å²) in [5.74, 6) is 0. The first-order chi connectivity index (χ1) is 15.1. The number of thiocarbonyl (C=S) groups is 2. The molecule has 2 atom stereocenters. The molecule has 2 aromatic rings. The molecule has 0 spiro atoms. The number of halogens is 2. The molecule has 0 radical (unpaired) electrons. The van der Waals surface area contributed by atoms with Gasteiger partial charge in [0.1, 0.15) is 0 Å². The first kappa shape index (κ1) is 25.0. The molecule has 4 N–H and O–H groups in total. The van der Waals surface area contributed by atoms with Gasteiger partial charge in [0.05, 0.1) is 21.4 Å². The number of para-hydroxylation sites is 2. The molecule has 3 rings (SSSR count).